The molecule has 0 saturated heterocycles. The molecule has 0 aromatic heterocycles. The van der Waals surface area contributed by atoms with Gasteiger partial charge in [0.1, 0.15) is 6.10 Å². The minimum atomic E-state index is -0.592. The van der Waals surface area contributed by atoms with Gasteiger partial charge in [0.2, 0.25) is 0 Å². The van der Waals surface area contributed by atoms with E-state index in [1.807, 2.05) is 30.3 Å². The Morgan fingerprint density at radius 3 is 1.55 bits per heavy atom. The molecule has 0 fully saturated rings. The molecule has 0 aliphatic heterocycles. The van der Waals surface area contributed by atoms with Crippen LogP contribution in [0.15, 0.2) is 48.5 Å². The Balaban J connectivity index is 2.71. The molecular formula is C21H28O. The van der Waals surface area contributed by atoms with Crippen LogP contribution in [0, 0.1) is 0 Å². The number of aliphatic hydroxyl groups excluding tert-OH is 1. The lowest BCUT2D eigenvalue weighted by molar-refractivity contribution is 0.214. The standard InChI is InChI=1S/C21H28O/c1-20(2,3)16-13-10-14-17(21(4,5)6)18(16)19(22)15-11-8-7-9-12-15/h7-14,19,22H,1-6H3. The fourth-order valence-corrected chi connectivity index (χ4v) is 2.97. The van der Waals surface area contributed by atoms with Crippen molar-refractivity contribution >= 4 is 0 Å². The van der Waals surface area contributed by atoms with Gasteiger partial charge >= 0.3 is 0 Å². The van der Waals surface area contributed by atoms with Gasteiger partial charge in [0.05, 0.1) is 0 Å². The van der Waals surface area contributed by atoms with E-state index in [-0.39, 0.29) is 10.8 Å². The van der Waals surface area contributed by atoms with Gasteiger partial charge in [-0.05, 0) is 33.1 Å². The lowest BCUT2D eigenvalue weighted by Crippen LogP contribution is -2.23. The molecule has 1 nitrogen and oxygen atoms in total. The Labute approximate surface area is 135 Å². The van der Waals surface area contributed by atoms with E-state index in [2.05, 4.69) is 59.7 Å². The average molecular weight is 296 g/mol. The molecule has 0 saturated carbocycles. The topological polar surface area (TPSA) is 20.2 Å². The third kappa shape index (κ3) is 3.41. The van der Waals surface area contributed by atoms with Gasteiger partial charge in [0.15, 0.2) is 0 Å². The maximum atomic E-state index is 11.1. The predicted octanol–water partition coefficient (Wildman–Crippen LogP) is 5.36. The molecule has 1 atom stereocenters. The lowest BCUT2D eigenvalue weighted by atomic mass is 9.74. The van der Waals surface area contributed by atoms with Crippen molar-refractivity contribution in [3.05, 3.63) is 70.8 Å². The molecule has 1 heteroatoms. The summed E-state index contributed by atoms with van der Waals surface area (Å²) in [5, 5.41) is 11.1. The maximum Gasteiger partial charge on any atom is 0.105 e. The number of rotatable bonds is 2. The van der Waals surface area contributed by atoms with Crippen molar-refractivity contribution in [2.45, 2.75) is 58.5 Å². The highest BCUT2D eigenvalue weighted by atomic mass is 16.3. The smallest absolute Gasteiger partial charge is 0.105 e. The van der Waals surface area contributed by atoms with Crippen LogP contribution < -0.4 is 0 Å². The molecule has 1 N–H and O–H groups in total. The summed E-state index contributed by atoms with van der Waals surface area (Å²) >= 11 is 0. The lowest BCUT2D eigenvalue weighted by Gasteiger charge is -2.32. The van der Waals surface area contributed by atoms with Crippen LogP contribution in [0.2, 0.25) is 0 Å². The highest BCUT2D eigenvalue weighted by Gasteiger charge is 2.29. The number of hydrogen-bond acceptors (Lipinski definition) is 1. The summed E-state index contributed by atoms with van der Waals surface area (Å²) in [7, 11) is 0. The third-order valence-corrected chi connectivity index (χ3v) is 4.11. The van der Waals surface area contributed by atoms with Crippen LogP contribution in [0.3, 0.4) is 0 Å². The fourth-order valence-electron chi connectivity index (χ4n) is 2.97. The molecule has 0 amide bonds. The molecular weight excluding hydrogens is 268 g/mol. The summed E-state index contributed by atoms with van der Waals surface area (Å²) < 4.78 is 0. The van der Waals surface area contributed by atoms with Crippen LogP contribution in [0.5, 0.6) is 0 Å². The SMILES string of the molecule is CC(C)(C)c1cccc(C(C)(C)C)c1C(O)c1ccccc1. The molecule has 2 aromatic rings. The largest absolute Gasteiger partial charge is 0.384 e. The zero-order valence-corrected chi connectivity index (χ0v) is 14.6. The van der Waals surface area contributed by atoms with Crippen molar-refractivity contribution in [3.63, 3.8) is 0 Å². The van der Waals surface area contributed by atoms with E-state index in [0.29, 0.717) is 0 Å². The Morgan fingerprint density at radius 1 is 0.682 bits per heavy atom. The van der Waals surface area contributed by atoms with Gasteiger partial charge in [-0.25, -0.2) is 0 Å². The summed E-state index contributed by atoms with van der Waals surface area (Å²) in [6, 6.07) is 16.4. The van der Waals surface area contributed by atoms with Crippen LogP contribution >= 0.6 is 0 Å². The summed E-state index contributed by atoms with van der Waals surface area (Å²) in [5.41, 5.74) is 4.43. The van der Waals surface area contributed by atoms with Crippen LogP contribution in [0.25, 0.3) is 0 Å². The molecule has 0 bridgehead atoms. The summed E-state index contributed by atoms with van der Waals surface area (Å²) in [6.45, 7) is 13.2. The van der Waals surface area contributed by atoms with Gasteiger partial charge in [0, 0.05) is 0 Å². The minimum Gasteiger partial charge on any atom is -0.384 e. The van der Waals surface area contributed by atoms with Crippen molar-refractivity contribution in [3.8, 4) is 0 Å². The normalized spacial score (nSPS) is 14.0. The highest BCUT2D eigenvalue weighted by molar-refractivity contribution is 5.47. The third-order valence-electron chi connectivity index (χ3n) is 4.11. The molecule has 0 radical (unpaired) electrons. The molecule has 118 valence electrons. The zero-order valence-electron chi connectivity index (χ0n) is 14.6. The van der Waals surface area contributed by atoms with E-state index in [1.165, 1.54) is 11.1 Å². The van der Waals surface area contributed by atoms with Crippen LogP contribution in [-0.4, -0.2) is 5.11 Å². The average Bonchev–Trinajstić information content (AvgIpc) is 2.45. The van der Waals surface area contributed by atoms with E-state index in [1.54, 1.807) is 0 Å². The zero-order chi connectivity index (χ0) is 16.5. The molecule has 22 heavy (non-hydrogen) atoms. The van der Waals surface area contributed by atoms with E-state index >= 15 is 0 Å². The number of benzene rings is 2. The minimum absolute atomic E-state index is 0.00759. The molecule has 2 rings (SSSR count). The second-order valence-corrected chi connectivity index (χ2v) is 8.08. The van der Waals surface area contributed by atoms with Gasteiger partial charge in [0.25, 0.3) is 0 Å². The van der Waals surface area contributed by atoms with Gasteiger partial charge in [-0.1, -0.05) is 90.1 Å². The Bertz CT molecular complexity index is 595. The van der Waals surface area contributed by atoms with Gasteiger partial charge < -0.3 is 5.11 Å². The number of aliphatic hydroxyl groups is 1. The molecule has 0 aliphatic rings. The Morgan fingerprint density at radius 2 is 1.14 bits per heavy atom. The van der Waals surface area contributed by atoms with Crippen molar-refractivity contribution in [2.24, 2.45) is 0 Å². The fraction of sp³-hybridized carbons (Fsp3) is 0.429. The molecule has 2 aromatic carbocycles. The first-order valence-corrected chi connectivity index (χ1v) is 7.99. The highest BCUT2D eigenvalue weighted by Crippen LogP contribution is 2.39. The van der Waals surface area contributed by atoms with Crippen molar-refractivity contribution in [2.75, 3.05) is 0 Å². The van der Waals surface area contributed by atoms with E-state index < -0.39 is 6.10 Å². The molecule has 0 heterocycles. The Kier molecular flexibility index (Phi) is 4.49. The summed E-state index contributed by atoms with van der Waals surface area (Å²) in [4.78, 5) is 0. The van der Waals surface area contributed by atoms with Crippen LogP contribution in [0.4, 0.5) is 0 Å². The van der Waals surface area contributed by atoms with E-state index in [4.69, 9.17) is 0 Å². The van der Waals surface area contributed by atoms with Crippen LogP contribution in [0.1, 0.15) is 69.9 Å². The second kappa shape index (κ2) is 5.89. The van der Waals surface area contributed by atoms with Crippen molar-refractivity contribution in [1.29, 1.82) is 0 Å². The Hall–Kier alpha value is -1.60. The first kappa shape index (κ1) is 16.8. The molecule has 1 unspecified atom stereocenters. The first-order chi connectivity index (χ1) is 10.1. The van der Waals surface area contributed by atoms with Gasteiger partial charge in [-0.2, -0.15) is 0 Å². The first-order valence-electron chi connectivity index (χ1n) is 7.99. The number of hydrogen-bond donors (Lipinski definition) is 1. The maximum absolute atomic E-state index is 11.1. The van der Waals surface area contributed by atoms with E-state index in [0.717, 1.165) is 11.1 Å². The monoisotopic (exact) mass is 296 g/mol. The second-order valence-electron chi connectivity index (χ2n) is 8.08. The van der Waals surface area contributed by atoms with Gasteiger partial charge in [-0.15, -0.1) is 0 Å². The van der Waals surface area contributed by atoms with Crippen molar-refractivity contribution < 1.29 is 5.11 Å². The molecule has 0 spiro atoms. The molecule has 0 aliphatic carbocycles. The predicted molar refractivity (Wildman–Crippen MR) is 94.3 cm³/mol. The van der Waals surface area contributed by atoms with E-state index in [9.17, 15) is 5.11 Å². The summed E-state index contributed by atoms with van der Waals surface area (Å²) in [5.74, 6) is 0. The van der Waals surface area contributed by atoms with Gasteiger partial charge in [-0.3, -0.25) is 0 Å². The quantitative estimate of drug-likeness (QED) is 0.790. The summed E-state index contributed by atoms with van der Waals surface area (Å²) in [6.07, 6.45) is -0.592. The van der Waals surface area contributed by atoms with Crippen LogP contribution in [-0.2, 0) is 10.8 Å². The van der Waals surface area contributed by atoms with Crippen molar-refractivity contribution in [1.82, 2.24) is 0 Å².